The Morgan fingerprint density at radius 3 is 2.08 bits per heavy atom. The summed E-state index contributed by atoms with van der Waals surface area (Å²) in [5, 5.41) is 4.84. The quantitative estimate of drug-likeness (QED) is 0.236. The highest BCUT2D eigenvalue weighted by molar-refractivity contribution is 6.09. The molecule has 39 heavy (non-hydrogen) atoms. The maximum Gasteiger partial charge on any atom is 0.143 e. The van der Waals surface area contributed by atoms with Crippen molar-refractivity contribution in [2.45, 2.75) is 0 Å². The van der Waals surface area contributed by atoms with E-state index in [0.717, 1.165) is 33.1 Å². The number of benzene rings is 5. The molecule has 0 bridgehead atoms. The molecule has 5 aromatic carbocycles. The molecule has 0 aliphatic heterocycles. The van der Waals surface area contributed by atoms with Crippen molar-refractivity contribution in [1.29, 1.82) is 0 Å². The predicted molar refractivity (Wildman–Crippen MR) is 164 cm³/mol. The SMILES string of the molecule is C1=CC2C=CC(c3ccc4cc(-c5ccc(-c6cccc7c6oc6ccccc67)cc5)ccc4c3)=CC2C=C1. The fraction of sp³-hybridized carbons (Fsp3) is 0.0526. The standard InChI is InChI=1S/C38H26O/c1-2-7-28-22-30(17-14-25(28)6-1)33-21-20-31-23-29(18-19-32(31)24-33)26-12-15-27(16-13-26)34-9-5-10-36-35-8-3-4-11-37(35)39-38(34)36/h1-25,28H. The molecule has 2 aliphatic carbocycles. The van der Waals surface area contributed by atoms with Crippen molar-refractivity contribution in [3.05, 3.63) is 151 Å². The van der Waals surface area contributed by atoms with Gasteiger partial charge in [-0.05, 0) is 56.8 Å². The number of rotatable bonds is 3. The zero-order chi connectivity index (χ0) is 25.8. The maximum atomic E-state index is 6.27. The molecule has 1 heteroatoms. The maximum absolute atomic E-state index is 6.27. The van der Waals surface area contributed by atoms with Gasteiger partial charge in [0.1, 0.15) is 11.2 Å². The minimum absolute atomic E-state index is 0.454. The average Bonchev–Trinajstić information content (AvgIpc) is 3.39. The lowest BCUT2D eigenvalue weighted by Gasteiger charge is -2.23. The average molecular weight is 499 g/mol. The number of fused-ring (bicyclic) bond motifs is 5. The van der Waals surface area contributed by atoms with Gasteiger partial charge in [0, 0.05) is 28.2 Å². The van der Waals surface area contributed by atoms with Crippen LogP contribution in [-0.4, -0.2) is 0 Å². The van der Waals surface area contributed by atoms with Crippen molar-refractivity contribution >= 4 is 38.3 Å². The summed E-state index contributed by atoms with van der Waals surface area (Å²) in [6.07, 6.45) is 15.9. The summed E-state index contributed by atoms with van der Waals surface area (Å²) in [7, 11) is 0. The van der Waals surface area contributed by atoms with Crippen molar-refractivity contribution < 1.29 is 4.42 Å². The van der Waals surface area contributed by atoms with Crippen LogP contribution in [0.1, 0.15) is 5.56 Å². The van der Waals surface area contributed by atoms with E-state index in [1.54, 1.807) is 0 Å². The number of hydrogen-bond acceptors (Lipinski definition) is 1. The van der Waals surface area contributed by atoms with Gasteiger partial charge in [0.15, 0.2) is 0 Å². The number of para-hydroxylation sites is 2. The van der Waals surface area contributed by atoms with Gasteiger partial charge in [-0.1, -0.05) is 127 Å². The van der Waals surface area contributed by atoms with E-state index in [9.17, 15) is 0 Å². The molecule has 1 aromatic heterocycles. The molecule has 0 radical (unpaired) electrons. The second kappa shape index (κ2) is 8.85. The van der Waals surface area contributed by atoms with Crippen molar-refractivity contribution in [2.75, 3.05) is 0 Å². The van der Waals surface area contributed by atoms with E-state index in [1.165, 1.54) is 33.0 Å². The first-order valence-corrected chi connectivity index (χ1v) is 13.6. The minimum Gasteiger partial charge on any atom is -0.455 e. The molecule has 0 spiro atoms. The van der Waals surface area contributed by atoms with E-state index < -0.39 is 0 Å². The Labute approximate surface area is 227 Å². The van der Waals surface area contributed by atoms with Crippen molar-refractivity contribution in [2.24, 2.45) is 11.8 Å². The summed E-state index contributed by atoms with van der Waals surface area (Å²) in [4.78, 5) is 0. The van der Waals surface area contributed by atoms with E-state index in [4.69, 9.17) is 4.42 Å². The van der Waals surface area contributed by atoms with Gasteiger partial charge in [0.2, 0.25) is 0 Å². The first-order valence-electron chi connectivity index (χ1n) is 13.6. The second-order valence-corrected chi connectivity index (χ2v) is 10.5. The monoisotopic (exact) mass is 498 g/mol. The van der Waals surface area contributed by atoms with Crippen LogP contribution in [0.5, 0.6) is 0 Å². The number of hydrogen-bond donors (Lipinski definition) is 0. The summed E-state index contributed by atoms with van der Waals surface area (Å²) in [5.74, 6) is 0.939. The van der Waals surface area contributed by atoms with Crippen LogP contribution in [0, 0.1) is 11.8 Å². The number of furan rings is 1. The van der Waals surface area contributed by atoms with Gasteiger partial charge in [-0.15, -0.1) is 0 Å². The Bertz CT molecular complexity index is 2010. The molecular weight excluding hydrogens is 472 g/mol. The van der Waals surface area contributed by atoms with Crippen LogP contribution in [-0.2, 0) is 0 Å². The zero-order valence-corrected chi connectivity index (χ0v) is 21.4. The largest absolute Gasteiger partial charge is 0.455 e. The predicted octanol–water partition coefficient (Wildman–Crippen LogP) is 10.4. The Balaban J connectivity index is 1.10. The third kappa shape index (κ3) is 3.78. The highest BCUT2D eigenvalue weighted by atomic mass is 16.3. The van der Waals surface area contributed by atoms with Gasteiger partial charge in [-0.3, -0.25) is 0 Å². The van der Waals surface area contributed by atoms with Gasteiger partial charge < -0.3 is 4.42 Å². The molecule has 0 fully saturated rings. The summed E-state index contributed by atoms with van der Waals surface area (Å²) in [5.41, 5.74) is 9.17. The van der Waals surface area contributed by atoms with Gasteiger partial charge >= 0.3 is 0 Å². The summed E-state index contributed by atoms with van der Waals surface area (Å²) >= 11 is 0. The van der Waals surface area contributed by atoms with Gasteiger partial charge in [-0.2, -0.15) is 0 Å². The Hall–Kier alpha value is -4.88. The molecule has 8 rings (SSSR count). The fourth-order valence-electron chi connectivity index (χ4n) is 6.09. The summed E-state index contributed by atoms with van der Waals surface area (Å²) in [6.45, 7) is 0. The molecule has 1 nitrogen and oxygen atoms in total. The third-order valence-corrected chi connectivity index (χ3v) is 8.20. The van der Waals surface area contributed by atoms with Gasteiger partial charge in [0.25, 0.3) is 0 Å². The summed E-state index contributed by atoms with van der Waals surface area (Å²) < 4.78 is 6.27. The Kier molecular flexibility index (Phi) is 5.03. The van der Waals surface area contributed by atoms with Crippen molar-refractivity contribution in [1.82, 2.24) is 0 Å². The van der Waals surface area contributed by atoms with Crippen LogP contribution < -0.4 is 0 Å². The molecule has 1 heterocycles. The third-order valence-electron chi connectivity index (χ3n) is 8.20. The van der Waals surface area contributed by atoms with Crippen LogP contribution in [0.2, 0.25) is 0 Å². The highest BCUT2D eigenvalue weighted by Crippen LogP contribution is 2.37. The van der Waals surface area contributed by atoms with Crippen LogP contribution in [0.25, 0.3) is 60.5 Å². The van der Waals surface area contributed by atoms with Crippen LogP contribution in [0.3, 0.4) is 0 Å². The molecular formula is C38H26O. The molecule has 6 aromatic rings. The van der Waals surface area contributed by atoms with Crippen LogP contribution >= 0.6 is 0 Å². The second-order valence-electron chi connectivity index (χ2n) is 10.5. The molecule has 2 atom stereocenters. The molecule has 2 unspecified atom stereocenters. The van der Waals surface area contributed by atoms with E-state index >= 15 is 0 Å². The molecule has 0 saturated heterocycles. The lowest BCUT2D eigenvalue weighted by atomic mass is 9.81. The smallest absolute Gasteiger partial charge is 0.143 e. The van der Waals surface area contributed by atoms with E-state index in [0.29, 0.717) is 11.8 Å². The lowest BCUT2D eigenvalue weighted by molar-refractivity contribution is 0.663. The molecule has 2 aliphatic rings. The molecule has 0 amide bonds. The normalized spacial score (nSPS) is 18.1. The summed E-state index contributed by atoms with van der Waals surface area (Å²) in [6, 6.07) is 37.1. The Morgan fingerprint density at radius 1 is 0.513 bits per heavy atom. The van der Waals surface area contributed by atoms with Crippen LogP contribution in [0.15, 0.2) is 150 Å². The molecule has 0 saturated carbocycles. The zero-order valence-electron chi connectivity index (χ0n) is 21.4. The van der Waals surface area contributed by atoms with Crippen molar-refractivity contribution in [3.63, 3.8) is 0 Å². The first-order chi connectivity index (χ1) is 19.3. The van der Waals surface area contributed by atoms with E-state index in [-0.39, 0.29) is 0 Å². The van der Waals surface area contributed by atoms with Crippen LogP contribution in [0.4, 0.5) is 0 Å². The van der Waals surface area contributed by atoms with E-state index in [1.807, 2.05) is 12.1 Å². The fourth-order valence-corrected chi connectivity index (χ4v) is 6.09. The molecule has 0 N–H and O–H groups in total. The number of allylic oxidation sites excluding steroid dienone is 8. The van der Waals surface area contributed by atoms with Gasteiger partial charge in [0.05, 0.1) is 0 Å². The minimum atomic E-state index is 0.454. The lowest BCUT2D eigenvalue weighted by Crippen LogP contribution is -2.11. The Morgan fingerprint density at radius 2 is 1.21 bits per heavy atom. The first kappa shape index (κ1) is 22.1. The van der Waals surface area contributed by atoms with E-state index in [2.05, 4.69) is 134 Å². The van der Waals surface area contributed by atoms with Crippen molar-refractivity contribution in [3.8, 4) is 22.3 Å². The molecule has 184 valence electrons. The highest BCUT2D eigenvalue weighted by Gasteiger charge is 2.18. The topological polar surface area (TPSA) is 13.1 Å². The van der Waals surface area contributed by atoms with Gasteiger partial charge in [-0.25, -0.2) is 0 Å².